The van der Waals surface area contributed by atoms with Gasteiger partial charge in [0, 0.05) is 5.69 Å². The molecule has 1 heterocycles. The minimum atomic E-state index is -0.273. The molecule has 4 nitrogen and oxygen atoms in total. The van der Waals surface area contributed by atoms with Gasteiger partial charge < -0.3 is 9.73 Å². The Hall–Kier alpha value is -3.11. The van der Waals surface area contributed by atoms with Crippen LogP contribution in [0.3, 0.4) is 0 Å². The van der Waals surface area contributed by atoms with Crippen molar-refractivity contribution in [3.8, 4) is 11.5 Å². The van der Waals surface area contributed by atoms with E-state index >= 15 is 0 Å². The van der Waals surface area contributed by atoms with E-state index in [1.165, 1.54) is 5.56 Å². The van der Waals surface area contributed by atoms with Crippen molar-refractivity contribution in [2.45, 2.75) is 25.8 Å². The number of nitrogens with zero attached hydrogens (tertiary/aromatic N) is 2. The predicted molar refractivity (Wildman–Crippen MR) is 117 cm³/mol. The maximum atomic E-state index is 6.29. The quantitative estimate of drug-likeness (QED) is 0.388. The first-order chi connectivity index (χ1) is 14.1. The summed E-state index contributed by atoms with van der Waals surface area (Å²) < 4.78 is 6.03. The van der Waals surface area contributed by atoms with Crippen LogP contribution in [0.25, 0.3) is 11.5 Å². The van der Waals surface area contributed by atoms with Gasteiger partial charge in [0.15, 0.2) is 0 Å². The monoisotopic (exact) mass is 403 g/mol. The fourth-order valence-electron chi connectivity index (χ4n) is 3.16. The second-order valence-corrected chi connectivity index (χ2v) is 7.60. The number of hydrogen-bond donors (Lipinski definition) is 1. The molecule has 0 spiro atoms. The highest BCUT2D eigenvalue weighted by Gasteiger charge is 2.22. The van der Waals surface area contributed by atoms with E-state index in [9.17, 15) is 0 Å². The van der Waals surface area contributed by atoms with Crippen LogP contribution in [0.5, 0.6) is 0 Å². The Labute approximate surface area is 175 Å². The fourth-order valence-corrected chi connectivity index (χ4v) is 3.38. The van der Waals surface area contributed by atoms with E-state index in [-0.39, 0.29) is 6.04 Å². The van der Waals surface area contributed by atoms with E-state index in [2.05, 4.69) is 53.6 Å². The van der Waals surface area contributed by atoms with Gasteiger partial charge in [-0.25, -0.2) is 0 Å². The van der Waals surface area contributed by atoms with Gasteiger partial charge in [0.05, 0.1) is 10.6 Å². The minimum absolute atomic E-state index is 0.273. The van der Waals surface area contributed by atoms with Crippen molar-refractivity contribution in [3.63, 3.8) is 0 Å². The highest BCUT2D eigenvalue weighted by atomic mass is 35.5. The molecule has 0 bridgehead atoms. The molecule has 0 aliphatic heterocycles. The van der Waals surface area contributed by atoms with E-state index < -0.39 is 0 Å². The summed E-state index contributed by atoms with van der Waals surface area (Å²) in [5.74, 6) is 1.38. The summed E-state index contributed by atoms with van der Waals surface area (Å²) in [6, 6.07) is 25.7. The molecule has 5 heteroatoms. The van der Waals surface area contributed by atoms with Crippen molar-refractivity contribution >= 4 is 17.3 Å². The molecule has 1 aromatic heterocycles. The normalized spacial score (nSPS) is 12.1. The lowest BCUT2D eigenvalue weighted by molar-refractivity contribution is 0.494. The van der Waals surface area contributed by atoms with Gasteiger partial charge in [0.1, 0.15) is 6.04 Å². The molecule has 0 aliphatic carbocycles. The van der Waals surface area contributed by atoms with Crippen LogP contribution in [0.2, 0.25) is 5.02 Å². The summed E-state index contributed by atoms with van der Waals surface area (Å²) in [5.41, 5.74) is 4.04. The van der Waals surface area contributed by atoms with Crippen molar-refractivity contribution in [2.24, 2.45) is 0 Å². The largest absolute Gasteiger partial charge is 0.418 e. The Morgan fingerprint density at radius 2 is 1.48 bits per heavy atom. The van der Waals surface area contributed by atoms with Crippen molar-refractivity contribution < 1.29 is 4.42 Å². The molecule has 146 valence electrons. The number of halogens is 1. The highest BCUT2D eigenvalue weighted by molar-refractivity contribution is 6.33. The van der Waals surface area contributed by atoms with Gasteiger partial charge in [-0.3, -0.25) is 0 Å². The molecule has 0 amide bonds. The van der Waals surface area contributed by atoms with Gasteiger partial charge in [-0.15, -0.1) is 10.2 Å². The molecule has 0 unspecified atom stereocenters. The van der Waals surface area contributed by atoms with Crippen LogP contribution in [0.1, 0.15) is 42.8 Å². The van der Waals surface area contributed by atoms with E-state index in [0.29, 0.717) is 22.7 Å². The Bertz CT molecular complexity index is 1070. The van der Waals surface area contributed by atoms with Crippen molar-refractivity contribution in [1.82, 2.24) is 10.2 Å². The third kappa shape index (κ3) is 4.33. The van der Waals surface area contributed by atoms with Crippen LogP contribution < -0.4 is 5.32 Å². The van der Waals surface area contributed by atoms with E-state index in [1.807, 2.05) is 54.6 Å². The molecule has 0 saturated carbocycles. The van der Waals surface area contributed by atoms with Crippen LogP contribution in [-0.4, -0.2) is 10.2 Å². The fraction of sp³-hybridized carbons (Fsp3) is 0.167. The summed E-state index contributed by atoms with van der Waals surface area (Å²) in [5, 5.41) is 12.7. The number of benzene rings is 3. The zero-order valence-corrected chi connectivity index (χ0v) is 17.1. The number of anilines is 1. The summed E-state index contributed by atoms with van der Waals surface area (Å²) in [6.07, 6.45) is 0. The summed E-state index contributed by atoms with van der Waals surface area (Å²) in [6.45, 7) is 4.37. The standard InChI is InChI=1S/C24H22ClN3O/c1-16(2)17-12-14-19(15-13-17)26-22(18-8-4-3-5-9-18)24-28-27-23(29-24)20-10-6-7-11-21(20)25/h3-16,22,26H,1-2H3/t22-/m1/s1. The van der Waals surface area contributed by atoms with Gasteiger partial charge >= 0.3 is 0 Å². The van der Waals surface area contributed by atoms with Crippen LogP contribution in [0.15, 0.2) is 83.3 Å². The average molecular weight is 404 g/mol. The second-order valence-electron chi connectivity index (χ2n) is 7.19. The molecule has 4 aromatic rings. The number of aromatic nitrogens is 2. The first kappa shape index (κ1) is 19.2. The number of hydrogen-bond acceptors (Lipinski definition) is 4. The minimum Gasteiger partial charge on any atom is -0.418 e. The van der Waals surface area contributed by atoms with Crippen molar-refractivity contribution in [2.75, 3.05) is 5.32 Å². The molecular weight excluding hydrogens is 382 g/mol. The van der Waals surface area contributed by atoms with Crippen molar-refractivity contribution in [3.05, 3.63) is 101 Å². The summed E-state index contributed by atoms with van der Waals surface area (Å²) >= 11 is 6.29. The smallest absolute Gasteiger partial charge is 0.249 e. The zero-order valence-electron chi connectivity index (χ0n) is 16.3. The third-order valence-corrected chi connectivity index (χ3v) is 5.14. The van der Waals surface area contributed by atoms with Crippen LogP contribution in [0, 0.1) is 0 Å². The van der Waals surface area contributed by atoms with Crippen molar-refractivity contribution in [1.29, 1.82) is 0 Å². The Morgan fingerprint density at radius 1 is 0.793 bits per heavy atom. The molecule has 0 fully saturated rings. The number of rotatable bonds is 6. The molecule has 0 radical (unpaired) electrons. The molecule has 1 N–H and O–H groups in total. The lowest BCUT2D eigenvalue weighted by atomic mass is 10.0. The van der Waals surface area contributed by atoms with Crippen LogP contribution in [-0.2, 0) is 0 Å². The first-order valence-corrected chi connectivity index (χ1v) is 9.99. The molecule has 0 aliphatic rings. The third-order valence-electron chi connectivity index (χ3n) is 4.81. The topological polar surface area (TPSA) is 51.0 Å². The molecule has 0 saturated heterocycles. The van der Waals surface area contributed by atoms with Gasteiger partial charge in [0.25, 0.3) is 0 Å². The molecular formula is C24H22ClN3O. The number of nitrogens with one attached hydrogen (secondary N) is 1. The predicted octanol–water partition coefficient (Wildman–Crippen LogP) is 6.71. The lowest BCUT2D eigenvalue weighted by Gasteiger charge is -2.17. The molecule has 1 atom stereocenters. The van der Waals surface area contributed by atoms with Gasteiger partial charge in [-0.05, 0) is 41.3 Å². The zero-order chi connectivity index (χ0) is 20.2. The van der Waals surface area contributed by atoms with E-state index in [0.717, 1.165) is 16.8 Å². The van der Waals surface area contributed by atoms with Crippen LogP contribution in [0.4, 0.5) is 5.69 Å². The van der Waals surface area contributed by atoms with Gasteiger partial charge in [0.2, 0.25) is 11.8 Å². The second kappa shape index (κ2) is 8.50. The maximum Gasteiger partial charge on any atom is 0.249 e. The summed E-state index contributed by atoms with van der Waals surface area (Å²) in [7, 11) is 0. The average Bonchev–Trinajstić information content (AvgIpc) is 3.23. The Morgan fingerprint density at radius 3 is 2.17 bits per heavy atom. The highest BCUT2D eigenvalue weighted by Crippen LogP contribution is 2.31. The molecule has 4 rings (SSSR count). The van der Waals surface area contributed by atoms with Gasteiger partial charge in [-0.2, -0.15) is 0 Å². The lowest BCUT2D eigenvalue weighted by Crippen LogP contribution is -2.13. The van der Waals surface area contributed by atoms with E-state index in [1.54, 1.807) is 0 Å². The SMILES string of the molecule is CC(C)c1ccc(N[C@H](c2ccccc2)c2nnc(-c3ccccc3Cl)o2)cc1. The maximum absolute atomic E-state index is 6.29. The van der Waals surface area contributed by atoms with E-state index in [4.69, 9.17) is 16.0 Å². The first-order valence-electron chi connectivity index (χ1n) is 9.61. The van der Waals surface area contributed by atoms with Gasteiger partial charge in [-0.1, -0.05) is 80.0 Å². The summed E-state index contributed by atoms with van der Waals surface area (Å²) in [4.78, 5) is 0. The molecule has 3 aromatic carbocycles. The van der Waals surface area contributed by atoms with Crippen LogP contribution >= 0.6 is 11.6 Å². The molecule has 29 heavy (non-hydrogen) atoms. The Kier molecular flexibility index (Phi) is 5.63. The Balaban J connectivity index is 1.68.